The molecule has 136 valence electrons. The van der Waals surface area contributed by atoms with Gasteiger partial charge in [-0.3, -0.25) is 0 Å². The van der Waals surface area contributed by atoms with Gasteiger partial charge in [-0.25, -0.2) is 17.2 Å². The molecule has 1 N–H and O–H groups in total. The van der Waals surface area contributed by atoms with Gasteiger partial charge in [0.2, 0.25) is 9.84 Å². The van der Waals surface area contributed by atoms with Crippen LogP contribution in [0.5, 0.6) is 5.75 Å². The number of sulfone groups is 1. The lowest BCUT2D eigenvalue weighted by Gasteiger charge is -2.11. The smallest absolute Gasteiger partial charge is 0.206 e. The summed E-state index contributed by atoms with van der Waals surface area (Å²) in [5.41, 5.74) is 1.36. The van der Waals surface area contributed by atoms with E-state index < -0.39 is 21.5 Å². The first kappa shape index (κ1) is 17.0. The summed E-state index contributed by atoms with van der Waals surface area (Å²) < 4.78 is 63.6. The number of benzene rings is 2. The second-order valence-corrected chi connectivity index (χ2v) is 7.96. The quantitative estimate of drug-likeness (QED) is 0.708. The van der Waals surface area contributed by atoms with Crippen LogP contribution in [-0.4, -0.2) is 22.1 Å². The average Bonchev–Trinajstić information content (AvgIpc) is 3.01. The Balaban J connectivity index is 1.94. The Bertz CT molecular complexity index is 1120. The van der Waals surface area contributed by atoms with Crippen molar-refractivity contribution in [1.82, 2.24) is 5.32 Å². The Hall–Kier alpha value is -2.45. The fourth-order valence-electron chi connectivity index (χ4n) is 3.14. The second kappa shape index (κ2) is 6.07. The van der Waals surface area contributed by atoms with Crippen molar-refractivity contribution in [2.75, 3.05) is 13.7 Å². The third-order valence-corrected chi connectivity index (χ3v) is 6.21. The minimum Gasteiger partial charge on any atom is -0.493 e. The molecule has 0 bridgehead atoms. The minimum atomic E-state index is -4.06. The number of fused-ring (bicyclic) bond motifs is 3. The largest absolute Gasteiger partial charge is 0.493 e. The van der Waals surface area contributed by atoms with Gasteiger partial charge < -0.3 is 14.5 Å². The molecule has 0 saturated heterocycles. The molecule has 1 aliphatic heterocycles. The minimum absolute atomic E-state index is 0.0676. The molecule has 26 heavy (non-hydrogen) atoms. The van der Waals surface area contributed by atoms with Crippen molar-refractivity contribution < 1.29 is 26.4 Å². The lowest BCUT2D eigenvalue weighted by molar-refractivity contribution is 0.404. The van der Waals surface area contributed by atoms with Crippen LogP contribution in [0.25, 0.3) is 11.0 Å². The molecule has 0 fully saturated rings. The third kappa shape index (κ3) is 2.57. The van der Waals surface area contributed by atoms with Crippen LogP contribution in [-0.2, 0) is 22.8 Å². The van der Waals surface area contributed by atoms with Crippen molar-refractivity contribution in [1.29, 1.82) is 0 Å². The molecular formula is C18H15F2NO4S. The molecule has 5 nitrogen and oxygen atoms in total. The zero-order valence-corrected chi connectivity index (χ0v) is 14.6. The van der Waals surface area contributed by atoms with Crippen molar-refractivity contribution in [3.05, 3.63) is 53.3 Å². The van der Waals surface area contributed by atoms with Crippen LogP contribution in [0.15, 0.2) is 44.5 Å². The summed E-state index contributed by atoms with van der Waals surface area (Å²) in [5.74, 6) is -1.26. The van der Waals surface area contributed by atoms with Gasteiger partial charge in [-0.15, -0.1) is 0 Å². The fourth-order valence-corrected chi connectivity index (χ4v) is 4.45. The number of methoxy groups -OCH3 is 1. The molecule has 0 spiro atoms. The molecule has 3 aromatic rings. The van der Waals surface area contributed by atoms with Gasteiger partial charge in [0.25, 0.3) is 0 Å². The maximum Gasteiger partial charge on any atom is 0.206 e. The summed E-state index contributed by atoms with van der Waals surface area (Å²) in [4.78, 5) is -0.393. The molecule has 1 aromatic heterocycles. The molecule has 0 amide bonds. The van der Waals surface area contributed by atoms with E-state index in [1.165, 1.54) is 19.2 Å². The molecule has 0 radical (unpaired) electrons. The van der Waals surface area contributed by atoms with Gasteiger partial charge in [0, 0.05) is 36.5 Å². The summed E-state index contributed by atoms with van der Waals surface area (Å²) in [5, 5.41) is 3.85. The van der Waals surface area contributed by atoms with Crippen LogP contribution in [0.3, 0.4) is 0 Å². The Morgan fingerprint density at radius 3 is 2.65 bits per heavy atom. The number of hydrogen-bond acceptors (Lipinski definition) is 5. The van der Waals surface area contributed by atoms with Crippen LogP contribution in [0, 0.1) is 11.6 Å². The Labute approximate surface area is 148 Å². The van der Waals surface area contributed by atoms with Crippen LogP contribution in [0.2, 0.25) is 0 Å². The van der Waals surface area contributed by atoms with E-state index >= 15 is 0 Å². The van der Waals surface area contributed by atoms with E-state index in [2.05, 4.69) is 5.32 Å². The summed E-state index contributed by atoms with van der Waals surface area (Å²) in [6.45, 7) is 1.33. The monoisotopic (exact) mass is 379 g/mol. The number of nitrogens with one attached hydrogen (secondary N) is 1. The molecule has 2 heterocycles. The van der Waals surface area contributed by atoms with Gasteiger partial charge in [0.15, 0.2) is 23.0 Å². The summed E-state index contributed by atoms with van der Waals surface area (Å²) in [7, 11) is -2.64. The van der Waals surface area contributed by atoms with Crippen LogP contribution < -0.4 is 10.1 Å². The highest BCUT2D eigenvalue weighted by molar-refractivity contribution is 7.91. The lowest BCUT2D eigenvalue weighted by Crippen LogP contribution is -2.22. The molecule has 0 unspecified atom stereocenters. The predicted octanol–water partition coefficient (Wildman–Crippen LogP) is 3.20. The molecule has 1 aliphatic rings. The van der Waals surface area contributed by atoms with E-state index in [9.17, 15) is 17.2 Å². The molecule has 4 rings (SSSR count). The van der Waals surface area contributed by atoms with E-state index in [-0.39, 0.29) is 15.5 Å². The molecule has 8 heteroatoms. The summed E-state index contributed by atoms with van der Waals surface area (Å²) in [6, 6.07) is 5.33. The Morgan fingerprint density at radius 2 is 1.92 bits per heavy atom. The van der Waals surface area contributed by atoms with Crippen LogP contribution >= 0.6 is 0 Å². The zero-order chi connectivity index (χ0) is 18.5. The second-order valence-electron chi connectivity index (χ2n) is 6.01. The molecule has 0 aliphatic carbocycles. The summed E-state index contributed by atoms with van der Waals surface area (Å²) in [6.07, 6.45) is 0.693. The highest BCUT2D eigenvalue weighted by atomic mass is 32.2. The van der Waals surface area contributed by atoms with Gasteiger partial charge in [0.05, 0.1) is 16.9 Å². The van der Waals surface area contributed by atoms with Crippen LogP contribution in [0.1, 0.15) is 11.3 Å². The van der Waals surface area contributed by atoms with Crippen molar-refractivity contribution in [2.45, 2.75) is 22.8 Å². The number of halogens is 2. The Kier molecular flexibility index (Phi) is 3.96. The van der Waals surface area contributed by atoms with E-state index in [0.717, 1.165) is 30.0 Å². The highest BCUT2D eigenvalue weighted by Gasteiger charge is 2.26. The third-order valence-electron chi connectivity index (χ3n) is 4.48. The van der Waals surface area contributed by atoms with Gasteiger partial charge in [0.1, 0.15) is 5.76 Å². The van der Waals surface area contributed by atoms with Crippen molar-refractivity contribution in [3.8, 4) is 5.75 Å². The number of furan rings is 1. The number of rotatable bonds is 3. The number of hydrogen-bond donors (Lipinski definition) is 1. The maximum absolute atomic E-state index is 13.5. The normalized spacial score (nSPS) is 14.4. The van der Waals surface area contributed by atoms with E-state index in [1.54, 1.807) is 0 Å². The lowest BCUT2D eigenvalue weighted by atomic mass is 10.1. The van der Waals surface area contributed by atoms with Gasteiger partial charge in [-0.05, 0) is 24.3 Å². The standard InChI is InChI=1S/C18H15F2NO4S/c1-24-17-8-11(26(22,23)10-2-3-14(19)15(20)7-10)6-12-13-9-21-5-4-16(13)25-18(12)17/h2-3,6-8,21H,4-5,9H2,1H3. The summed E-state index contributed by atoms with van der Waals surface area (Å²) >= 11 is 0. The van der Waals surface area contributed by atoms with Crippen molar-refractivity contribution in [3.63, 3.8) is 0 Å². The van der Waals surface area contributed by atoms with Crippen molar-refractivity contribution in [2.24, 2.45) is 0 Å². The van der Waals surface area contributed by atoms with E-state index in [4.69, 9.17) is 9.15 Å². The zero-order valence-electron chi connectivity index (χ0n) is 13.8. The first-order chi connectivity index (χ1) is 12.4. The maximum atomic E-state index is 13.5. The molecule has 0 saturated carbocycles. The average molecular weight is 379 g/mol. The molecule has 2 aromatic carbocycles. The SMILES string of the molecule is COc1cc(S(=O)(=O)c2ccc(F)c(F)c2)cc2c3c(oc12)CCNC3. The van der Waals surface area contributed by atoms with Gasteiger partial charge in [-0.2, -0.15) is 0 Å². The topological polar surface area (TPSA) is 68.5 Å². The predicted molar refractivity (Wildman–Crippen MR) is 90.0 cm³/mol. The molecular weight excluding hydrogens is 364 g/mol. The highest BCUT2D eigenvalue weighted by Crippen LogP contribution is 2.38. The Morgan fingerprint density at radius 1 is 1.12 bits per heavy atom. The fraction of sp³-hybridized carbons (Fsp3) is 0.222. The first-order valence-electron chi connectivity index (χ1n) is 7.95. The van der Waals surface area contributed by atoms with Gasteiger partial charge in [-0.1, -0.05) is 0 Å². The van der Waals surface area contributed by atoms with Gasteiger partial charge >= 0.3 is 0 Å². The number of ether oxygens (including phenoxy) is 1. The van der Waals surface area contributed by atoms with Crippen molar-refractivity contribution >= 4 is 20.8 Å². The first-order valence-corrected chi connectivity index (χ1v) is 9.43. The van der Waals surface area contributed by atoms with E-state index in [0.29, 0.717) is 30.0 Å². The van der Waals surface area contributed by atoms with Crippen LogP contribution in [0.4, 0.5) is 8.78 Å². The van der Waals surface area contributed by atoms with E-state index in [1.807, 2.05) is 0 Å². The molecule has 0 atom stereocenters.